The number of rotatable bonds is 1. The van der Waals surface area contributed by atoms with Gasteiger partial charge in [0, 0.05) is 5.56 Å². The first-order valence-electron chi connectivity index (χ1n) is 4.89. The van der Waals surface area contributed by atoms with Gasteiger partial charge >= 0.3 is 0 Å². The fourth-order valence-electron chi connectivity index (χ4n) is 1.81. The van der Waals surface area contributed by atoms with E-state index in [1.807, 2.05) is 6.92 Å². The molecular formula is C12H14N2S. The van der Waals surface area contributed by atoms with Gasteiger partial charge in [0.25, 0.3) is 0 Å². The van der Waals surface area contributed by atoms with Crippen molar-refractivity contribution >= 4 is 16.3 Å². The summed E-state index contributed by atoms with van der Waals surface area (Å²) in [5.74, 6) is 0. The predicted octanol–water partition coefficient (Wildman–Crippen LogP) is 3.32. The number of hydrogen-bond donors (Lipinski definition) is 1. The highest BCUT2D eigenvalue weighted by atomic mass is 32.1. The van der Waals surface area contributed by atoms with Gasteiger partial charge < -0.3 is 5.73 Å². The van der Waals surface area contributed by atoms with Gasteiger partial charge in [-0.2, -0.15) is 0 Å². The highest BCUT2D eigenvalue weighted by Gasteiger charge is 2.12. The molecule has 0 saturated carbocycles. The van der Waals surface area contributed by atoms with Gasteiger partial charge in [0.2, 0.25) is 0 Å². The van der Waals surface area contributed by atoms with E-state index in [-0.39, 0.29) is 0 Å². The van der Waals surface area contributed by atoms with E-state index in [0.29, 0.717) is 0 Å². The summed E-state index contributed by atoms with van der Waals surface area (Å²) in [6.45, 7) is 6.17. The molecule has 78 valence electrons. The maximum Gasteiger partial charge on any atom is 0.114 e. The molecule has 0 unspecified atom stereocenters. The molecule has 2 rings (SSSR count). The van der Waals surface area contributed by atoms with Crippen LogP contribution in [0.4, 0.5) is 5.00 Å². The van der Waals surface area contributed by atoms with E-state index in [9.17, 15) is 0 Å². The lowest BCUT2D eigenvalue weighted by Crippen LogP contribution is -1.91. The molecule has 0 fully saturated rings. The zero-order valence-corrected chi connectivity index (χ0v) is 9.98. The number of nitrogen functional groups attached to an aromatic ring is 1. The van der Waals surface area contributed by atoms with Gasteiger partial charge in [-0.3, -0.25) is 0 Å². The van der Waals surface area contributed by atoms with Gasteiger partial charge in [0.1, 0.15) is 10.7 Å². The van der Waals surface area contributed by atoms with Crippen molar-refractivity contribution in [3.63, 3.8) is 0 Å². The molecule has 1 aromatic carbocycles. The molecule has 0 saturated heterocycles. The third-order valence-electron chi connectivity index (χ3n) is 2.48. The molecule has 0 aliphatic rings. The van der Waals surface area contributed by atoms with Crippen molar-refractivity contribution in [2.24, 2.45) is 0 Å². The van der Waals surface area contributed by atoms with Crippen LogP contribution in [0.1, 0.15) is 16.1 Å². The van der Waals surface area contributed by atoms with Crippen molar-refractivity contribution in [3.8, 4) is 11.3 Å². The van der Waals surface area contributed by atoms with Gasteiger partial charge in [0.15, 0.2) is 0 Å². The molecule has 0 atom stereocenters. The molecule has 0 radical (unpaired) electrons. The van der Waals surface area contributed by atoms with E-state index in [4.69, 9.17) is 5.73 Å². The maximum absolute atomic E-state index is 5.97. The van der Waals surface area contributed by atoms with Crippen LogP contribution in [0.3, 0.4) is 0 Å². The van der Waals surface area contributed by atoms with Crippen LogP contribution in [0.2, 0.25) is 0 Å². The SMILES string of the molecule is Cc1nc(-c2c(C)cccc2C)c(N)s1. The Kier molecular flexibility index (Phi) is 2.49. The van der Waals surface area contributed by atoms with Gasteiger partial charge in [-0.25, -0.2) is 4.98 Å². The summed E-state index contributed by atoms with van der Waals surface area (Å²) in [7, 11) is 0. The van der Waals surface area contributed by atoms with E-state index in [1.165, 1.54) is 16.7 Å². The monoisotopic (exact) mass is 218 g/mol. The van der Waals surface area contributed by atoms with Gasteiger partial charge in [-0.05, 0) is 31.9 Å². The Labute approximate surface area is 93.8 Å². The standard InChI is InChI=1S/C12H14N2S/c1-7-5-4-6-8(2)10(7)11-12(13)15-9(3)14-11/h4-6H,13H2,1-3H3. The summed E-state index contributed by atoms with van der Waals surface area (Å²) in [6, 6.07) is 6.25. The fourth-order valence-corrected chi connectivity index (χ4v) is 2.51. The summed E-state index contributed by atoms with van der Waals surface area (Å²) < 4.78 is 0. The van der Waals surface area contributed by atoms with Crippen LogP contribution in [0.15, 0.2) is 18.2 Å². The number of aromatic nitrogens is 1. The van der Waals surface area contributed by atoms with Crippen LogP contribution in [0.25, 0.3) is 11.3 Å². The van der Waals surface area contributed by atoms with Crippen LogP contribution < -0.4 is 5.73 Å². The quantitative estimate of drug-likeness (QED) is 0.797. The summed E-state index contributed by atoms with van der Waals surface area (Å²) in [6.07, 6.45) is 0. The molecule has 2 aromatic rings. The van der Waals surface area contributed by atoms with E-state index in [1.54, 1.807) is 11.3 Å². The number of nitrogens with two attached hydrogens (primary N) is 1. The zero-order valence-electron chi connectivity index (χ0n) is 9.16. The largest absolute Gasteiger partial charge is 0.389 e. The number of anilines is 1. The molecule has 0 aliphatic carbocycles. The molecule has 1 aromatic heterocycles. The molecule has 0 aliphatic heterocycles. The number of benzene rings is 1. The van der Waals surface area contributed by atoms with Crippen molar-refractivity contribution < 1.29 is 0 Å². The second-order valence-electron chi connectivity index (χ2n) is 3.71. The van der Waals surface area contributed by atoms with E-state index in [2.05, 4.69) is 37.0 Å². The second kappa shape index (κ2) is 3.66. The summed E-state index contributed by atoms with van der Waals surface area (Å²) >= 11 is 1.55. The Morgan fingerprint density at radius 1 is 1.13 bits per heavy atom. The first kappa shape index (κ1) is 10.2. The van der Waals surface area contributed by atoms with Gasteiger partial charge in [0.05, 0.1) is 5.01 Å². The molecule has 1 heterocycles. The molecule has 2 N–H and O–H groups in total. The van der Waals surface area contributed by atoms with Gasteiger partial charge in [-0.1, -0.05) is 18.2 Å². The van der Waals surface area contributed by atoms with Gasteiger partial charge in [-0.15, -0.1) is 11.3 Å². The maximum atomic E-state index is 5.97. The third kappa shape index (κ3) is 1.75. The number of aryl methyl sites for hydroxylation is 3. The predicted molar refractivity (Wildman–Crippen MR) is 66.2 cm³/mol. The number of thiazole rings is 1. The fraction of sp³-hybridized carbons (Fsp3) is 0.250. The minimum absolute atomic E-state index is 0.810. The lowest BCUT2D eigenvalue weighted by Gasteiger charge is -2.07. The van der Waals surface area contributed by atoms with Crippen molar-refractivity contribution in [1.29, 1.82) is 0 Å². The highest BCUT2D eigenvalue weighted by molar-refractivity contribution is 7.16. The van der Waals surface area contributed by atoms with E-state index in [0.717, 1.165) is 15.7 Å². The summed E-state index contributed by atoms with van der Waals surface area (Å²) in [4.78, 5) is 4.50. The van der Waals surface area contributed by atoms with Crippen molar-refractivity contribution in [2.75, 3.05) is 5.73 Å². The minimum atomic E-state index is 0.810. The third-order valence-corrected chi connectivity index (χ3v) is 3.28. The Bertz CT molecular complexity index is 480. The van der Waals surface area contributed by atoms with Crippen LogP contribution in [0, 0.1) is 20.8 Å². The van der Waals surface area contributed by atoms with Crippen molar-refractivity contribution in [2.45, 2.75) is 20.8 Å². The normalized spacial score (nSPS) is 10.6. The van der Waals surface area contributed by atoms with Crippen LogP contribution in [-0.4, -0.2) is 4.98 Å². The van der Waals surface area contributed by atoms with E-state index >= 15 is 0 Å². The first-order chi connectivity index (χ1) is 7.09. The molecular weight excluding hydrogens is 204 g/mol. The zero-order chi connectivity index (χ0) is 11.0. The van der Waals surface area contributed by atoms with Crippen molar-refractivity contribution in [1.82, 2.24) is 4.98 Å². The Hall–Kier alpha value is -1.35. The minimum Gasteiger partial charge on any atom is -0.389 e. The lowest BCUT2D eigenvalue weighted by molar-refractivity contribution is 1.27. The topological polar surface area (TPSA) is 38.9 Å². The lowest BCUT2D eigenvalue weighted by atomic mass is 10.0. The van der Waals surface area contributed by atoms with E-state index < -0.39 is 0 Å². The molecule has 15 heavy (non-hydrogen) atoms. The number of hydrogen-bond acceptors (Lipinski definition) is 3. The van der Waals surface area contributed by atoms with Crippen LogP contribution in [0.5, 0.6) is 0 Å². The smallest absolute Gasteiger partial charge is 0.114 e. The number of nitrogens with zero attached hydrogens (tertiary/aromatic N) is 1. The average Bonchev–Trinajstić information content (AvgIpc) is 2.45. The summed E-state index contributed by atoms with van der Waals surface area (Å²) in [5, 5.41) is 1.83. The van der Waals surface area contributed by atoms with Crippen LogP contribution in [-0.2, 0) is 0 Å². The average molecular weight is 218 g/mol. The molecule has 3 heteroatoms. The highest BCUT2D eigenvalue weighted by Crippen LogP contribution is 2.34. The second-order valence-corrected chi connectivity index (χ2v) is 4.95. The Morgan fingerprint density at radius 3 is 2.20 bits per heavy atom. The molecule has 0 amide bonds. The molecule has 2 nitrogen and oxygen atoms in total. The molecule has 0 bridgehead atoms. The molecule has 0 spiro atoms. The first-order valence-corrected chi connectivity index (χ1v) is 5.70. The Morgan fingerprint density at radius 2 is 1.73 bits per heavy atom. The van der Waals surface area contributed by atoms with Crippen LogP contribution >= 0.6 is 11.3 Å². The Balaban J connectivity index is 2.68. The van der Waals surface area contributed by atoms with Crippen molar-refractivity contribution in [3.05, 3.63) is 34.3 Å². The summed E-state index contributed by atoms with van der Waals surface area (Å²) in [5.41, 5.74) is 10.5.